The molecule has 1 aliphatic heterocycles. The molecule has 2 amide bonds. The van der Waals surface area contributed by atoms with Gasteiger partial charge in [-0.15, -0.1) is 0 Å². The van der Waals surface area contributed by atoms with Crippen LogP contribution in [0.15, 0.2) is 48.8 Å². The van der Waals surface area contributed by atoms with Crippen LogP contribution < -0.4 is 16.1 Å². The van der Waals surface area contributed by atoms with E-state index in [1.54, 1.807) is 6.07 Å². The average Bonchev–Trinajstić information content (AvgIpc) is 3.29. The van der Waals surface area contributed by atoms with Crippen LogP contribution in [0.1, 0.15) is 12.5 Å². The number of primary amides is 1. The average molecular weight is 449 g/mol. The molecule has 1 aromatic heterocycles. The van der Waals surface area contributed by atoms with Crippen molar-refractivity contribution in [2.75, 3.05) is 36.9 Å². The summed E-state index contributed by atoms with van der Waals surface area (Å²) in [6, 6.07) is 9.80. The lowest BCUT2D eigenvalue weighted by Crippen LogP contribution is -2.56. The Morgan fingerprint density at radius 3 is 2.45 bits per heavy atom. The Morgan fingerprint density at radius 1 is 1.19 bits per heavy atom. The Bertz CT molecular complexity index is 974. The molecule has 2 unspecified atom stereocenters. The van der Waals surface area contributed by atoms with Crippen LogP contribution in [0.4, 0.5) is 0 Å². The first-order valence-electron chi connectivity index (χ1n) is 10.1. The van der Waals surface area contributed by atoms with E-state index in [0.717, 1.165) is 10.6 Å². The van der Waals surface area contributed by atoms with Crippen LogP contribution in [-0.2, 0) is 26.0 Å². The van der Waals surface area contributed by atoms with E-state index in [-0.39, 0.29) is 12.2 Å². The van der Waals surface area contributed by atoms with Crippen molar-refractivity contribution in [2.45, 2.75) is 19.4 Å². The molecular formula is C20H28N6O4S. The Balaban J connectivity index is 1.93. The zero-order valence-corrected chi connectivity index (χ0v) is 18.2. The maximum absolute atomic E-state index is 13.6. The molecule has 1 saturated heterocycles. The van der Waals surface area contributed by atoms with Gasteiger partial charge in [-0.05, 0) is 25.0 Å². The number of nitrogens with one attached hydrogen (secondary N) is 1. The number of hydrogen-bond donors (Lipinski definition) is 2. The van der Waals surface area contributed by atoms with E-state index in [4.69, 9.17) is 5.73 Å². The van der Waals surface area contributed by atoms with E-state index in [1.165, 1.54) is 28.4 Å². The van der Waals surface area contributed by atoms with Gasteiger partial charge in [0.2, 0.25) is 21.8 Å². The van der Waals surface area contributed by atoms with Crippen molar-refractivity contribution >= 4 is 21.8 Å². The summed E-state index contributed by atoms with van der Waals surface area (Å²) in [7, 11) is -3.70. The van der Waals surface area contributed by atoms with Crippen LogP contribution in [0.2, 0.25) is 0 Å². The summed E-state index contributed by atoms with van der Waals surface area (Å²) < 4.78 is 27.6. The second-order valence-electron chi connectivity index (χ2n) is 7.50. The van der Waals surface area contributed by atoms with Crippen molar-refractivity contribution in [3.63, 3.8) is 0 Å². The van der Waals surface area contributed by atoms with Crippen LogP contribution in [0.5, 0.6) is 0 Å². The molecule has 0 radical (unpaired) electrons. The normalized spacial score (nSPS) is 17.1. The zero-order chi connectivity index (χ0) is 22.4. The minimum Gasteiger partial charge on any atom is -0.368 e. The van der Waals surface area contributed by atoms with Crippen molar-refractivity contribution in [2.24, 2.45) is 11.7 Å². The molecule has 2 atom stereocenters. The lowest BCUT2D eigenvalue weighted by atomic mass is 9.99. The summed E-state index contributed by atoms with van der Waals surface area (Å²) >= 11 is 0. The predicted octanol–water partition coefficient (Wildman–Crippen LogP) is -0.685. The largest absolute Gasteiger partial charge is 0.368 e. The Labute approximate surface area is 182 Å². The van der Waals surface area contributed by atoms with Gasteiger partial charge in [0.15, 0.2) is 0 Å². The molecule has 1 aromatic carbocycles. The maximum atomic E-state index is 13.6. The van der Waals surface area contributed by atoms with Crippen LogP contribution in [0.25, 0.3) is 0 Å². The molecule has 11 heteroatoms. The second-order valence-corrected chi connectivity index (χ2v) is 9.52. The van der Waals surface area contributed by atoms with Gasteiger partial charge in [-0.1, -0.05) is 30.3 Å². The summed E-state index contributed by atoms with van der Waals surface area (Å²) in [6.07, 6.45) is 3.19. The molecule has 1 aliphatic rings. The lowest BCUT2D eigenvalue weighted by Gasteiger charge is -2.32. The molecular weight excluding hydrogens is 420 g/mol. The SMILES string of the molecule is CC(C(N)=O)N(C(=O)C(Cc1ccccc1)CS(=O)(=O)N1CCNCC1)n1cccn1. The molecule has 0 bridgehead atoms. The molecule has 3 N–H and O–H groups in total. The number of piperazine rings is 1. The Hall–Kier alpha value is -2.76. The summed E-state index contributed by atoms with van der Waals surface area (Å²) in [4.78, 5) is 26.8. The third-order valence-electron chi connectivity index (χ3n) is 5.27. The molecule has 1 fully saturated rings. The van der Waals surface area contributed by atoms with Crippen molar-refractivity contribution in [1.82, 2.24) is 19.5 Å². The summed E-state index contributed by atoms with van der Waals surface area (Å²) in [5, 5.41) is 8.31. The molecule has 0 aliphatic carbocycles. The molecule has 31 heavy (non-hydrogen) atoms. The van der Waals surface area contributed by atoms with Gasteiger partial charge in [0.25, 0.3) is 0 Å². The lowest BCUT2D eigenvalue weighted by molar-refractivity contribution is -0.128. The first kappa shape index (κ1) is 22.9. The number of sulfonamides is 1. The summed E-state index contributed by atoms with van der Waals surface area (Å²) in [6.45, 7) is 3.33. The predicted molar refractivity (Wildman–Crippen MR) is 116 cm³/mol. The number of hydrogen-bond acceptors (Lipinski definition) is 6. The highest BCUT2D eigenvalue weighted by Crippen LogP contribution is 2.18. The Kier molecular flexibility index (Phi) is 7.42. The summed E-state index contributed by atoms with van der Waals surface area (Å²) in [5.41, 5.74) is 6.29. The van der Waals surface area contributed by atoms with E-state index in [0.29, 0.717) is 26.2 Å². The Morgan fingerprint density at radius 2 is 1.87 bits per heavy atom. The van der Waals surface area contributed by atoms with Crippen LogP contribution in [0.3, 0.4) is 0 Å². The number of nitrogens with zero attached hydrogens (tertiary/aromatic N) is 4. The van der Waals surface area contributed by atoms with Gasteiger partial charge in [0, 0.05) is 32.4 Å². The molecule has 2 heterocycles. The first-order valence-corrected chi connectivity index (χ1v) is 11.8. The number of carbonyl (C=O) groups is 2. The van der Waals surface area contributed by atoms with Gasteiger partial charge in [-0.25, -0.2) is 13.4 Å². The number of rotatable bonds is 9. The third kappa shape index (κ3) is 5.69. The first-order chi connectivity index (χ1) is 14.8. The highest BCUT2D eigenvalue weighted by Gasteiger charge is 2.36. The van der Waals surface area contributed by atoms with Gasteiger partial charge in [0.05, 0.1) is 17.9 Å². The van der Waals surface area contributed by atoms with Crippen LogP contribution in [-0.4, -0.2) is 72.4 Å². The second kappa shape index (κ2) is 10.0. The fourth-order valence-electron chi connectivity index (χ4n) is 3.56. The standard InChI is InChI=1S/C20H28N6O4S/c1-16(19(21)27)26(25-11-5-8-23-25)20(28)18(14-17-6-3-2-4-7-17)15-31(29,30)24-12-9-22-10-13-24/h2-8,11,16,18,22H,9-10,12-15H2,1H3,(H2,21,27). The molecule has 10 nitrogen and oxygen atoms in total. The van der Waals surface area contributed by atoms with Crippen molar-refractivity contribution in [3.8, 4) is 0 Å². The minimum atomic E-state index is -3.70. The zero-order valence-electron chi connectivity index (χ0n) is 17.4. The molecule has 0 saturated carbocycles. The van der Waals surface area contributed by atoms with E-state index in [1.807, 2.05) is 30.3 Å². The van der Waals surface area contributed by atoms with E-state index in [9.17, 15) is 18.0 Å². The van der Waals surface area contributed by atoms with Gasteiger partial charge in [-0.2, -0.15) is 14.2 Å². The molecule has 0 spiro atoms. The quantitative estimate of drug-likeness (QED) is 0.522. The van der Waals surface area contributed by atoms with E-state index in [2.05, 4.69) is 10.4 Å². The van der Waals surface area contributed by atoms with E-state index < -0.39 is 33.8 Å². The number of aromatic nitrogens is 2. The van der Waals surface area contributed by atoms with Crippen LogP contribution >= 0.6 is 0 Å². The van der Waals surface area contributed by atoms with Crippen molar-refractivity contribution in [1.29, 1.82) is 0 Å². The van der Waals surface area contributed by atoms with Gasteiger partial charge < -0.3 is 11.1 Å². The number of benzene rings is 1. The molecule has 2 aromatic rings. The minimum absolute atomic E-state index is 0.203. The van der Waals surface area contributed by atoms with Gasteiger partial charge in [0.1, 0.15) is 6.04 Å². The monoisotopic (exact) mass is 448 g/mol. The number of carbonyl (C=O) groups excluding carboxylic acids is 2. The summed E-state index contributed by atoms with van der Waals surface area (Å²) in [5.74, 6) is -2.54. The number of amides is 2. The van der Waals surface area contributed by atoms with Crippen molar-refractivity contribution < 1.29 is 18.0 Å². The van der Waals surface area contributed by atoms with Crippen molar-refractivity contribution in [3.05, 3.63) is 54.4 Å². The topological polar surface area (TPSA) is 131 Å². The maximum Gasteiger partial charge on any atom is 0.247 e. The highest BCUT2D eigenvalue weighted by atomic mass is 32.2. The molecule has 3 rings (SSSR count). The van der Waals surface area contributed by atoms with E-state index >= 15 is 0 Å². The molecule has 168 valence electrons. The van der Waals surface area contributed by atoms with Crippen LogP contribution in [0, 0.1) is 5.92 Å². The van der Waals surface area contributed by atoms with Gasteiger partial charge in [-0.3, -0.25) is 9.59 Å². The smallest absolute Gasteiger partial charge is 0.247 e. The van der Waals surface area contributed by atoms with Gasteiger partial charge >= 0.3 is 0 Å². The highest BCUT2D eigenvalue weighted by molar-refractivity contribution is 7.89. The third-order valence-corrected chi connectivity index (χ3v) is 7.25. The fourth-order valence-corrected chi connectivity index (χ4v) is 5.28. The number of nitrogens with two attached hydrogens (primary N) is 1. The fraction of sp³-hybridized carbons (Fsp3) is 0.450.